The van der Waals surface area contributed by atoms with E-state index in [2.05, 4.69) is 9.97 Å². The Morgan fingerprint density at radius 3 is 2.67 bits per heavy atom. The van der Waals surface area contributed by atoms with Gasteiger partial charge in [0.1, 0.15) is 5.82 Å². The maximum Gasteiger partial charge on any atom is 0.416 e. The third-order valence-electron chi connectivity index (χ3n) is 2.87. The lowest BCUT2D eigenvalue weighted by molar-refractivity contribution is -0.137. The van der Waals surface area contributed by atoms with E-state index < -0.39 is 11.7 Å². The molecule has 0 fully saturated rings. The van der Waals surface area contributed by atoms with Gasteiger partial charge < -0.3 is 10.7 Å². The Hall–Kier alpha value is -2.15. The molecule has 0 radical (unpaired) electrons. The fraction of sp³-hybridized carbons (Fsp3) is 0.286. The van der Waals surface area contributed by atoms with Crippen molar-refractivity contribution in [1.29, 1.82) is 0 Å². The van der Waals surface area contributed by atoms with Crippen LogP contribution in [-0.2, 0) is 19.0 Å². The fourth-order valence-corrected chi connectivity index (χ4v) is 1.97. The fourth-order valence-electron chi connectivity index (χ4n) is 1.97. The maximum atomic E-state index is 12.6. The van der Waals surface area contributed by atoms with E-state index in [4.69, 9.17) is 5.73 Å². The number of aromatic amines is 1. The topological polar surface area (TPSA) is 71.8 Å². The van der Waals surface area contributed by atoms with Crippen LogP contribution in [0.2, 0.25) is 0 Å². The van der Waals surface area contributed by atoms with Gasteiger partial charge in [0.25, 0.3) is 5.56 Å². The quantitative estimate of drug-likeness (QED) is 0.905. The number of nitrogens with zero attached hydrogens (tertiary/aromatic N) is 1. The summed E-state index contributed by atoms with van der Waals surface area (Å²) in [5.74, 6) is 0.324. The number of nitrogens with one attached hydrogen (secondary N) is 1. The second-order valence-corrected chi connectivity index (χ2v) is 4.60. The first-order valence-electron chi connectivity index (χ1n) is 6.34. The van der Waals surface area contributed by atoms with Gasteiger partial charge in [-0.25, -0.2) is 4.98 Å². The van der Waals surface area contributed by atoms with Gasteiger partial charge in [-0.2, -0.15) is 13.2 Å². The summed E-state index contributed by atoms with van der Waals surface area (Å²) in [6.45, 7) is 0.347. The van der Waals surface area contributed by atoms with Crippen molar-refractivity contribution in [3.05, 3.63) is 63.3 Å². The van der Waals surface area contributed by atoms with Crippen LogP contribution in [0.15, 0.2) is 35.1 Å². The second-order valence-electron chi connectivity index (χ2n) is 4.60. The minimum Gasteiger partial charge on any atom is -0.330 e. The Balaban J connectivity index is 2.28. The SMILES string of the molecule is NCCc1cc(=O)[nH]c(Cc2cccc(C(F)(F)F)c2)n1. The molecule has 2 rings (SSSR count). The molecule has 1 aromatic heterocycles. The number of benzene rings is 1. The summed E-state index contributed by atoms with van der Waals surface area (Å²) in [4.78, 5) is 18.2. The van der Waals surface area contributed by atoms with Crippen molar-refractivity contribution < 1.29 is 13.2 Å². The van der Waals surface area contributed by atoms with Crippen LogP contribution in [0.4, 0.5) is 13.2 Å². The van der Waals surface area contributed by atoms with Gasteiger partial charge in [0.05, 0.1) is 5.56 Å². The first-order chi connectivity index (χ1) is 9.88. The van der Waals surface area contributed by atoms with E-state index in [-0.39, 0.29) is 12.0 Å². The van der Waals surface area contributed by atoms with Gasteiger partial charge in [0, 0.05) is 24.6 Å². The highest BCUT2D eigenvalue weighted by Crippen LogP contribution is 2.29. The minimum atomic E-state index is -4.39. The van der Waals surface area contributed by atoms with Gasteiger partial charge in [-0.05, 0) is 18.2 Å². The molecule has 0 aliphatic carbocycles. The zero-order valence-corrected chi connectivity index (χ0v) is 11.1. The average molecular weight is 297 g/mol. The van der Waals surface area contributed by atoms with E-state index >= 15 is 0 Å². The Morgan fingerprint density at radius 1 is 1.24 bits per heavy atom. The van der Waals surface area contributed by atoms with Crippen LogP contribution in [0.5, 0.6) is 0 Å². The van der Waals surface area contributed by atoms with Gasteiger partial charge >= 0.3 is 6.18 Å². The number of nitrogens with two attached hydrogens (primary N) is 1. The van der Waals surface area contributed by atoms with E-state index in [1.807, 2.05) is 0 Å². The standard InChI is InChI=1S/C14H14F3N3O/c15-14(16,17)10-3-1-2-9(6-10)7-12-19-11(4-5-18)8-13(21)20-12/h1-3,6,8H,4-5,7,18H2,(H,19,20,21). The van der Waals surface area contributed by atoms with E-state index in [1.54, 1.807) is 6.07 Å². The summed E-state index contributed by atoms with van der Waals surface area (Å²) in [6.07, 6.45) is -3.82. The molecule has 0 saturated carbocycles. The molecule has 0 amide bonds. The molecule has 21 heavy (non-hydrogen) atoms. The van der Waals surface area contributed by atoms with Crippen LogP contribution in [0.1, 0.15) is 22.6 Å². The summed E-state index contributed by atoms with van der Waals surface area (Å²) >= 11 is 0. The van der Waals surface area contributed by atoms with Crippen molar-refractivity contribution in [2.45, 2.75) is 19.0 Å². The monoisotopic (exact) mass is 297 g/mol. The van der Waals surface area contributed by atoms with Crippen molar-refractivity contribution in [1.82, 2.24) is 9.97 Å². The van der Waals surface area contributed by atoms with Gasteiger partial charge in [0.15, 0.2) is 0 Å². The van der Waals surface area contributed by atoms with Crippen LogP contribution in [0, 0.1) is 0 Å². The number of alkyl halides is 3. The third-order valence-corrected chi connectivity index (χ3v) is 2.87. The van der Waals surface area contributed by atoms with E-state index in [0.29, 0.717) is 30.0 Å². The van der Waals surface area contributed by atoms with Crippen LogP contribution in [-0.4, -0.2) is 16.5 Å². The number of hydrogen-bond donors (Lipinski definition) is 2. The van der Waals surface area contributed by atoms with E-state index in [1.165, 1.54) is 12.1 Å². The molecule has 7 heteroatoms. The van der Waals surface area contributed by atoms with Crippen molar-refractivity contribution >= 4 is 0 Å². The normalized spacial score (nSPS) is 11.6. The molecule has 0 aliphatic rings. The summed E-state index contributed by atoms with van der Waals surface area (Å²) in [7, 11) is 0. The van der Waals surface area contributed by atoms with Crippen molar-refractivity contribution in [3.8, 4) is 0 Å². The van der Waals surface area contributed by atoms with Gasteiger partial charge in [0.2, 0.25) is 0 Å². The molecular weight excluding hydrogens is 283 g/mol. The smallest absolute Gasteiger partial charge is 0.330 e. The zero-order chi connectivity index (χ0) is 15.5. The summed E-state index contributed by atoms with van der Waals surface area (Å²) in [6, 6.07) is 6.29. The lowest BCUT2D eigenvalue weighted by atomic mass is 10.1. The molecule has 1 aromatic carbocycles. The number of H-pyrrole nitrogens is 1. The molecule has 0 atom stereocenters. The Labute approximate surface area is 118 Å². The second kappa shape index (κ2) is 6.09. The molecule has 3 N–H and O–H groups in total. The lowest BCUT2D eigenvalue weighted by Crippen LogP contribution is -2.15. The van der Waals surface area contributed by atoms with Gasteiger partial charge in [-0.3, -0.25) is 4.79 Å². The van der Waals surface area contributed by atoms with E-state index in [9.17, 15) is 18.0 Å². The Morgan fingerprint density at radius 2 is 2.00 bits per heavy atom. The first-order valence-corrected chi connectivity index (χ1v) is 6.34. The number of aromatic nitrogens is 2. The van der Waals surface area contributed by atoms with Gasteiger partial charge in [-0.15, -0.1) is 0 Å². The Bertz CT molecular complexity index is 680. The summed E-state index contributed by atoms with van der Waals surface area (Å²) in [5.41, 5.74) is 5.30. The van der Waals surface area contributed by atoms with E-state index in [0.717, 1.165) is 12.1 Å². The minimum absolute atomic E-state index is 0.123. The average Bonchev–Trinajstić information content (AvgIpc) is 2.37. The van der Waals surface area contributed by atoms with Gasteiger partial charge in [-0.1, -0.05) is 18.2 Å². The third kappa shape index (κ3) is 4.16. The molecule has 0 unspecified atom stereocenters. The molecule has 4 nitrogen and oxygen atoms in total. The molecule has 2 aromatic rings. The summed E-state index contributed by atoms with van der Waals surface area (Å²) in [5, 5.41) is 0. The maximum absolute atomic E-state index is 12.6. The number of hydrogen-bond acceptors (Lipinski definition) is 3. The molecule has 112 valence electrons. The molecule has 1 heterocycles. The van der Waals surface area contributed by atoms with Crippen molar-refractivity contribution in [2.24, 2.45) is 5.73 Å². The first kappa shape index (κ1) is 15.2. The summed E-state index contributed by atoms with van der Waals surface area (Å²) < 4.78 is 37.9. The zero-order valence-electron chi connectivity index (χ0n) is 11.1. The molecule has 0 spiro atoms. The molecule has 0 bridgehead atoms. The van der Waals surface area contributed by atoms with Crippen molar-refractivity contribution in [2.75, 3.05) is 6.54 Å². The number of halogens is 3. The predicted octanol–water partition coefficient (Wildman–Crippen LogP) is 1.88. The molecular formula is C14H14F3N3O. The molecule has 0 saturated heterocycles. The number of rotatable bonds is 4. The van der Waals surface area contributed by atoms with Crippen LogP contribution < -0.4 is 11.3 Å². The highest BCUT2D eigenvalue weighted by molar-refractivity contribution is 5.27. The predicted molar refractivity (Wildman–Crippen MR) is 71.9 cm³/mol. The molecule has 0 aliphatic heterocycles. The van der Waals surface area contributed by atoms with Crippen LogP contribution in [0.25, 0.3) is 0 Å². The highest BCUT2D eigenvalue weighted by atomic mass is 19.4. The Kier molecular flexibility index (Phi) is 4.42. The largest absolute Gasteiger partial charge is 0.416 e. The lowest BCUT2D eigenvalue weighted by Gasteiger charge is -2.09. The van der Waals surface area contributed by atoms with Crippen LogP contribution in [0.3, 0.4) is 0 Å². The highest BCUT2D eigenvalue weighted by Gasteiger charge is 2.30. The van der Waals surface area contributed by atoms with Crippen LogP contribution >= 0.6 is 0 Å². The van der Waals surface area contributed by atoms with Crippen molar-refractivity contribution in [3.63, 3.8) is 0 Å².